The second-order valence-electron chi connectivity index (χ2n) is 5.29. The molecule has 0 aromatic heterocycles. The lowest BCUT2D eigenvalue weighted by atomic mass is 9.98. The molecule has 0 atom stereocenters. The Hall–Kier alpha value is -0.230. The quantitative estimate of drug-likeness (QED) is 0.724. The molecule has 1 amide bonds. The minimum absolute atomic E-state index is 0. The number of nitrogens with one attached hydrogen (secondary N) is 1. The van der Waals surface area contributed by atoms with Crippen molar-refractivity contribution in [2.75, 3.05) is 12.3 Å². The zero-order valence-corrected chi connectivity index (χ0v) is 15.2. The van der Waals surface area contributed by atoms with Crippen LogP contribution in [0.4, 0.5) is 0 Å². The van der Waals surface area contributed by atoms with Crippen LogP contribution in [0.3, 0.4) is 0 Å². The zero-order chi connectivity index (χ0) is 14.4. The molecule has 3 nitrogen and oxygen atoms in total. The lowest BCUT2D eigenvalue weighted by Crippen LogP contribution is -2.51. The molecule has 118 valence electrons. The van der Waals surface area contributed by atoms with Crippen molar-refractivity contribution >= 4 is 46.0 Å². The molecule has 0 unspecified atom stereocenters. The first-order valence-electron chi connectivity index (χ1n) is 7.03. The fraction of sp³-hybridized carbons (Fsp3) is 0.533. The summed E-state index contributed by atoms with van der Waals surface area (Å²) in [5.41, 5.74) is 5.70. The predicted octanol–water partition coefficient (Wildman–Crippen LogP) is 3.74. The SMILES string of the molecule is Cl.NCC1(NC(=O)CCSc2ccc(Br)cc2)CCCC1. The second kappa shape index (κ2) is 9.03. The van der Waals surface area contributed by atoms with Gasteiger partial charge in [-0.05, 0) is 37.1 Å². The van der Waals surface area contributed by atoms with Gasteiger partial charge in [0.25, 0.3) is 0 Å². The van der Waals surface area contributed by atoms with E-state index < -0.39 is 0 Å². The molecule has 0 heterocycles. The molecule has 0 aliphatic heterocycles. The Labute approximate surface area is 145 Å². The molecule has 3 N–H and O–H groups in total. The summed E-state index contributed by atoms with van der Waals surface area (Å²) in [5, 5.41) is 3.15. The van der Waals surface area contributed by atoms with Crippen molar-refractivity contribution in [2.45, 2.75) is 42.5 Å². The van der Waals surface area contributed by atoms with Gasteiger partial charge in [0, 0.05) is 28.1 Å². The fourth-order valence-corrected chi connectivity index (χ4v) is 3.70. The summed E-state index contributed by atoms with van der Waals surface area (Å²) < 4.78 is 1.07. The van der Waals surface area contributed by atoms with E-state index in [-0.39, 0.29) is 23.9 Å². The Balaban J connectivity index is 0.00000220. The molecule has 0 spiro atoms. The first-order valence-corrected chi connectivity index (χ1v) is 8.81. The molecule has 0 radical (unpaired) electrons. The predicted molar refractivity (Wildman–Crippen MR) is 95.1 cm³/mol. The van der Waals surface area contributed by atoms with Crippen molar-refractivity contribution in [3.63, 3.8) is 0 Å². The van der Waals surface area contributed by atoms with Crippen molar-refractivity contribution in [3.05, 3.63) is 28.7 Å². The average molecular weight is 394 g/mol. The number of rotatable bonds is 6. The molecule has 0 bridgehead atoms. The van der Waals surface area contributed by atoms with Crippen molar-refractivity contribution in [1.82, 2.24) is 5.32 Å². The van der Waals surface area contributed by atoms with Crippen molar-refractivity contribution in [3.8, 4) is 0 Å². The fourth-order valence-electron chi connectivity index (χ4n) is 2.58. The van der Waals surface area contributed by atoms with Gasteiger partial charge >= 0.3 is 0 Å². The van der Waals surface area contributed by atoms with Crippen LogP contribution in [-0.2, 0) is 4.79 Å². The molecule has 2 rings (SSSR count). The molecule has 0 saturated heterocycles. The first-order chi connectivity index (χ1) is 9.63. The lowest BCUT2D eigenvalue weighted by Gasteiger charge is -2.28. The monoisotopic (exact) mass is 392 g/mol. The molecule has 21 heavy (non-hydrogen) atoms. The number of thioether (sulfide) groups is 1. The highest BCUT2D eigenvalue weighted by Gasteiger charge is 2.33. The molecular formula is C15H22BrClN2OS. The number of carbonyl (C=O) groups excluding carboxylic acids is 1. The smallest absolute Gasteiger partial charge is 0.221 e. The third kappa shape index (κ3) is 5.81. The van der Waals surface area contributed by atoms with Gasteiger partial charge in [-0.1, -0.05) is 28.8 Å². The van der Waals surface area contributed by atoms with E-state index in [1.54, 1.807) is 11.8 Å². The summed E-state index contributed by atoms with van der Waals surface area (Å²) in [6.07, 6.45) is 4.93. The maximum Gasteiger partial charge on any atom is 0.221 e. The largest absolute Gasteiger partial charge is 0.349 e. The minimum Gasteiger partial charge on any atom is -0.349 e. The summed E-state index contributed by atoms with van der Waals surface area (Å²) in [6.45, 7) is 0.554. The molecule has 1 saturated carbocycles. The molecule has 1 aliphatic rings. The summed E-state index contributed by atoms with van der Waals surface area (Å²) in [5.74, 6) is 0.927. The Morgan fingerprint density at radius 2 is 1.90 bits per heavy atom. The Morgan fingerprint density at radius 1 is 1.29 bits per heavy atom. The molecular weight excluding hydrogens is 372 g/mol. The number of halogens is 2. The molecule has 1 aliphatic carbocycles. The number of carbonyl (C=O) groups is 1. The minimum atomic E-state index is -0.126. The van der Waals surface area contributed by atoms with Crippen molar-refractivity contribution in [2.24, 2.45) is 5.73 Å². The van der Waals surface area contributed by atoms with Crippen LogP contribution in [0, 0.1) is 0 Å². The summed E-state index contributed by atoms with van der Waals surface area (Å²) >= 11 is 5.12. The zero-order valence-electron chi connectivity index (χ0n) is 11.9. The van der Waals surface area contributed by atoms with Gasteiger partial charge in [0.1, 0.15) is 0 Å². The van der Waals surface area contributed by atoms with E-state index in [4.69, 9.17) is 5.73 Å². The van der Waals surface area contributed by atoms with Crippen LogP contribution in [0.25, 0.3) is 0 Å². The van der Waals surface area contributed by atoms with Crippen molar-refractivity contribution < 1.29 is 4.79 Å². The van der Waals surface area contributed by atoms with E-state index in [9.17, 15) is 4.79 Å². The highest BCUT2D eigenvalue weighted by atomic mass is 79.9. The van der Waals surface area contributed by atoms with Crippen LogP contribution in [0.15, 0.2) is 33.6 Å². The van der Waals surface area contributed by atoms with Gasteiger partial charge in [-0.3, -0.25) is 4.79 Å². The average Bonchev–Trinajstić information content (AvgIpc) is 2.90. The van der Waals surface area contributed by atoms with E-state index >= 15 is 0 Å². The van der Waals surface area contributed by atoms with Crippen molar-refractivity contribution in [1.29, 1.82) is 0 Å². The van der Waals surface area contributed by atoms with E-state index in [1.165, 1.54) is 17.7 Å². The Kier molecular flexibility index (Phi) is 8.09. The summed E-state index contributed by atoms with van der Waals surface area (Å²) in [7, 11) is 0. The molecule has 1 fully saturated rings. The number of hydrogen-bond donors (Lipinski definition) is 2. The van der Waals surface area contributed by atoms with Crippen LogP contribution in [0.2, 0.25) is 0 Å². The number of hydrogen-bond acceptors (Lipinski definition) is 3. The van der Waals surface area contributed by atoms with Gasteiger partial charge in [-0.2, -0.15) is 0 Å². The van der Waals surface area contributed by atoms with E-state index in [0.29, 0.717) is 13.0 Å². The Morgan fingerprint density at radius 3 is 2.48 bits per heavy atom. The molecule has 6 heteroatoms. The maximum absolute atomic E-state index is 12.0. The highest BCUT2D eigenvalue weighted by Crippen LogP contribution is 2.29. The van der Waals surface area contributed by atoms with Crippen LogP contribution in [0.1, 0.15) is 32.1 Å². The highest BCUT2D eigenvalue weighted by molar-refractivity contribution is 9.10. The normalized spacial score (nSPS) is 16.3. The van der Waals surface area contributed by atoms with Gasteiger partial charge in [0.2, 0.25) is 5.91 Å². The van der Waals surface area contributed by atoms with E-state index in [1.807, 2.05) is 12.1 Å². The third-order valence-corrected chi connectivity index (χ3v) is 5.31. The van der Waals surface area contributed by atoms with Crippen LogP contribution in [0.5, 0.6) is 0 Å². The van der Waals surface area contributed by atoms with E-state index in [0.717, 1.165) is 23.1 Å². The third-order valence-electron chi connectivity index (χ3n) is 3.77. The van der Waals surface area contributed by atoms with Crippen LogP contribution >= 0.6 is 40.1 Å². The standard InChI is InChI=1S/C15H21BrN2OS.ClH/c16-12-3-5-13(6-4-12)20-10-7-14(19)18-15(11-17)8-1-2-9-15;/h3-6H,1-2,7-11,17H2,(H,18,19);1H. The maximum atomic E-state index is 12.0. The number of benzene rings is 1. The molecule has 1 aromatic rings. The lowest BCUT2D eigenvalue weighted by molar-refractivity contribution is -0.122. The Bertz CT molecular complexity index is 449. The van der Waals surface area contributed by atoms with Crippen LogP contribution < -0.4 is 11.1 Å². The molecule has 1 aromatic carbocycles. The first kappa shape index (κ1) is 18.8. The van der Waals surface area contributed by atoms with Gasteiger partial charge in [-0.25, -0.2) is 0 Å². The number of nitrogens with two attached hydrogens (primary N) is 1. The summed E-state index contributed by atoms with van der Waals surface area (Å²) in [4.78, 5) is 13.2. The second-order valence-corrected chi connectivity index (χ2v) is 7.38. The summed E-state index contributed by atoms with van der Waals surface area (Å²) in [6, 6.07) is 8.16. The number of amides is 1. The van der Waals surface area contributed by atoms with E-state index in [2.05, 4.69) is 33.4 Å². The topological polar surface area (TPSA) is 55.1 Å². The van der Waals surface area contributed by atoms with Crippen LogP contribution in [-0.4, -0.2) is 23.7 Å². The van der Waals surface area contributed by atoms with Gasteiger partial charge < -0.3 is 11.1 Å². The van der Waals surface area contributed by atoms with Gasteiger partial charge in [0.15, 0.2) is 0 Å². The van der Waals surface area contributed by atoms with Gasteiger partial charge in [0.05, 0.1) is 5.54 Å². The van der Waals surface area contributed by atoms with Gasteiger partial charge in [-0.15, -0.1) is 24.2 Å².